The number of nitrogens with zero attached hydrogens (tertiary/aromatic N) is 1. The Labute approximate surface area is 402 Å². The van der Waals surface area contributed by atoms with Gasteiger partial charge in [0.25, 0.3) is 0 Å². The van der Waals surface area contributed by atoms with E-state index in [1.54, 1.807) is 0 Å². The number of hydrogen-bond donors (Lipinski definition) is 0. The van der Waals surface area contributed by atoms with Crippen molar-refractivity contribution in [3.8, 4) is 27.9 Å². The summed E-state index contributed by atoms with van der Waals surface area (Å²) in [5.74, 6) is 0. The van der Waals surface area contributed by atoms with Gasteiger partial charge in [0.2, 0.25) is 0 Å². The lowest BCUT2D eigenvalue weighted by Gasteiger charge is -2.40. The van der Waals surface area contributed by atoms with Gasteiger partial charge in [0.15, 0.2) is 0 Å². The molecule has 3 aliphatic rings. The minimum atomic E-state index is -0.459. The van der Waals surface area contributed by atoms with Crippen molar-refractivity contribution < 1.29 is 0 Å². The molecular weight excluding hydrogens is 839 g/mol. The number of para-hydroxylation sites is 2. The van der Waals surface area contributed by atoms with Crippen LogP contribution in [0, 0.1) is 0 Å². The molecule has 1 spiro atoms. The number of hydrogen-bond acceptors (Lipinski definition) is 1. The Bertz CT molecular complexity index is 3870. The average Bonchev–Trinajstić information content (AvgIpc) is 3.96. The first-order valence-electron chi connectivity index (χ1n) is 24.0. The van der Waals surface area contributed by atoms with Crippen molar-refractivity contribution in [1.29, 1.82) is 0 Å². The van der Waals surface area contributed by atoms with Gasteiger partial charge in [-0.1, -0.05) is 208 Å². The molecule has 68 heavy (non-hydrogen) atoms. The summed E-state index contributed by atoms with van der Waals surface area (Å²) < 4.78 is 2.42. The lowest BCUT2D eigenvalue weighted by Crippen LogP contribution is -2.32. The zero-order chi connectivity index (χ0) is 45.1. The van der Waals surface area contributed by atoms with Gasteiger partial charge in [0.1, 0.15) is 0 Å². The van der Waals surface area contributed by atoms with E-state index in [1.165, 1.54) is 126 Å². The van der Waals surface area contributed by atoms with E-state index in [2.05, 4.69) is 243 Å². The first kappa shape index (κ1) is 39.5. The van der Waals surface area contributed by atoms with Gasteiger partial charge in [0.05, 0.1) is 16.4 Å². The standard InChI is InChI=1S/C66H47NS/c1-65(2)55-22-10-8-20-49(55)50-35-30-43(40-58(50)65)38-45(46-33-37-61-54(41-46)52-21-9-13-25-60(52)67(61)47-17-4-3-5-18-47)31-28-42-29-34-51-53-36-32-44-16-6-7-19-48(44)64(53)66(59(51)39-42)56-23-11-14-26-62(56)68-63-27-15-12-24-57(63)66/h3-27,29-37,39-41H,28,38H2,1-2H3/b45-31-. The van der Waals surface area contributed by atoms with Crippen molar-refractivity contribution in [2.75, 3.05) is 0 Å². The Kier molecular flexibility index (Phi) is 8.67. The van der Waals surface area contributed by atoms with Crippen LogP contribution in [0.2, 0.25) is 0 Å². The average molecular weight is 886 g/mol. The Morgan fingerprint density at radius 2 is 1.06 bits per heavy atom. The topological polar surface area (TPSA) is 4.93 Å². The van der Waals surface area contributed by atoms with Crippen LogP contribution in [0.1, 0.15) is 63.9 Å². The third-order valence-electron chi connectivity index (χ3n) is 15.6. The van der Waals surface area contributed by atoms with Crippen LogP contribution in [0.25, 0.3) is 66.1 Å². The van der Waals surface area contributed by atoms with E-state index in [9.17, 15) is 0 Å². The van der Waals surface area contributed by atoms with E-state index in [-0.39, 0.29) is 5.41 Å². The largest absolute Gasteiger partial charge is 0.309 e. The maximum atomic E-state index is 2.56. The Morgan fingerprint density at radius 1 is 0.456 bits per heavy atom. The summed E-state index contributed by atoms with van der Waals surface area (Å²) in [4.78, 5) is 2.66. The summed E-state index contributed by atoms with van der Waals surface area (Å²) in [5, 5.41) is 5.15. The van der Waals surface area contributed by atoms with E-state index in [4.69, 9.17) is 0 Å². The van der Waals surface area contributed by atoms with Crippen LogP contribution in [-0.2, 0) is 23.7 Å². The van der Waals surface area contributed by atoms with E-state index in [0.717, 1.165) is 12.8 Å². The molecule has 11 aromatic rings. The van der Waals surface area contributed by atoms with Gasteiger partial charge < -0.3 is 4.57 Å². The molecule has 2 heteroatoms. The Morgan fingerprint density at radius 3 is 1.87 bits per heavy atom. The molecule has 2 heterocycles. The maximum absolute atomic E-state index is 2.56. The fourth-order valence-electron chi connectivity index (χ4n) is 12.5. The maximum Gasteiger partial charge on any atom is 0.0741 e. The first-order chi connectivity index (χ1) is 33.5. The molecule has 0 bridgehead atoms. The van der Waals surface area contributed by atoms with Gasteiger partial charge in [0, 0.05) is 31.7 Å². The number of fused-ring (bicyclic) bond motifs is 17. The van der Waals surface area contributed by atoms with E-state index in [0.29, 0.717) is 0 Å². The highest BCUT2D eigenvalue weighted by atomic mass is 32.2. The van der Waals surface area contributed by atoms with Crippen LogP contribution < -0.4 is 0 Å². The number of aromatic nitrogens is 1. The summed E-state index contributed by atoms with van der Waals surface area (Å²) in [5.41, 5.74) is 22.1. The summed E-state index contributed by atoms with van der Waals surface area (Å²) in [6, 6.07) is 82.5. The Hall–Kier alpha value is -7.65. The molecule has 322 valence electrons. The third kappa shape index (κ3) is 5.65. The lowest BCUT2D eigenvalue weighted by atomic mass is 9.66. The number of benzene rings is 10. The molecule has 0 saturated carbocycles. The van der Waals surface area contributed by atoms with Crippen LogP contribution in [0.4, 0.5) is 0 Å². The summed E-state index contributed by atoms with van der Waals surface area (Å²) in [6.45, 7) is 4.77. The molecule has 0 N–H and O–H groups in total. The van der Waals surface area contributed by atoms with E-state index >= 15 is 0 Å². The van der Waals surface area contributed by atoms with Gasteiger partial charge in [-0.25, -0.2) is 0 Å². The molecule has 14 rings (SSSR count). The fraction of sp³-hybridized carbons (Fsp3) is 0.0909. The Balaban J connectivity index is 0.947. The van der Waals surface area contributed by atoms with Gasteiger partial charge in [-0.15, -0.1) is 0 Å². The summed E-state index contributed by atoms with van der Waals surface area (Å²) in [6.07, 6.45) is 4.17. The molecule has 1 aliphatic heterocycles. The number of rotatable bonds is 6. The van der Waals surface area contributed by atoms with E-state index in [1.807, 2.05) is 11.8 Å². The minimum absolute atomic E-state index is 0.0673. The van der Waals surface area contributed by atoms with Crippen LogP contribution in [0.3, 0.4) is 0 Å². The predicted octanol–water partition coefficient (Wildman–Crippen LogP) is 16.9. The van der Waals surface area contributed by atoms with Crippen LogP contribution >= 0.6 is 11.8 Å². The smallest absolute Gasteiger partial charge is 0.0741 e. The van der Waals surface area contributed by atoms with Crippen LogP contribution in [0.15, 0.2) is 234 Å². The molecule has 1 aromatic heterocycles. The highest BCUT2D eigenvalue weighted by molar-refractivity contribution is 7.99. The second kappa shape index (κ2) is 14.9. The molecule has 2 aliphatic carbocycles. The molecule has 0 atom stereocenters. The summed E-state index contributed by atoms with van der Waals surface area (Å²) >= 11 is 1.91. The second-order valence-electron chi connectivity index (χ2n) is 19.5. The van der Waals surface area contributed by atoms with Crippen molar-refractivity contribution >= 4 is 49.9 Å². The highest BCUT2D eigenvalue weighted by Gasteiger charge is 2.51. The number of allylic oxidation sites excluding steroid dienone is 2. The minimum Gasteiger partial charge on any atom is -0.309 e. The van der Waals surface area contributed by atoms with Crippen molar-refractivity contribution in [2.45, 2.75) is 47.3 Å². The molecule has 0 radical (unpaired) electrons. The van der Waals surface area contributed by atoms with Crippen molar-refractivity contribution in [2.24, 2.45) is 0 Å². The quantitative estimate of drug-likeness (QED) is 0.161. The monoisotopic (exact) mass is 885 g/mol. The van der Waals surface area contributed by atoms with Crippen molar-refractivity contribution in [1.82, 2.24) is 4.57 Å². The molecule has 0 unspecified atom stereocenters. The fourth-order valence-corrected chi connectivity index (χ4v) is 13.7. The molecular formula is C66H47NS. The highest BCUT2D eigenvalue weighted by Crippen LogP contribution is 2.63. The summed E-state index contributed by atoms with van der Waals surface area (Å²) in [7, 11) is 0. The molecule has 0 amide bonds. The lowest BCUT2D eigenvalue weighted by molar-refractivity contribution is 0.659. The molecule has 10 aromatic carbocycles. The van der Waals surface area contributed by atoms with Crippen LogP contribution in [0.5, 0.6) is 0 Å². The van der Waals surface area contributed by atoms with Crippen LogP contribution in [-0.4, -0.2) is 4.57 Å². The molecule has 0 fully saturated rings. The van der Waals surface area contributed by atoms with E-state index < -0.39 is 5.41 Å². The molecule has 1 nitrogen and oxygen atoms in total. The van der Waals surface area contributed by atoms with Crippen molar-refractivity contribution in [3.05, 3.63) is 275 Å². The van der Waals surface area contributed by atoms with Crippen molar-refractivity contribution in [3.63, 3.8) is 0 Å². The first-order valence-corrected chi connectivity index (χ1v) is 24.8. The second-order valence-corrected chi connectivity index (χ2v) is 20.6. The normalized spacial score (nSPS) is 14.7. The van der Waals surface area contributed by atoms with Gasteiger partial charge in [-0.3, -0.25) is 0 Å². The zero-order valence-corrected chi connectivity index (χ0v) is 38.9. The zero-order valence-electron chi connectivity index (χ0n) is 38.1. The van der Waals surface area contributed by atoms with Gasteiger partial charge >= 0.3 is 0 Å². The SMILES string of the molecule is CC1(C)c2ccccc2-c2ccc(C/C(=C/Cc3ccc4c(c3)C3(c5ccccc5Sc5ccccc53)c3c-4ccc4ccccc34)c3ccc4c(c3)c3ccccc3n4-c3ccccc3)cc21. The molecule has 0 saturated heterocycles. The van der Waals surface area contributed by atoms with Gasteiger partial charge in [-0.2, -0.15) is 0 Å². The van der Waals surface area contributed by atoms with Gasteiger partial charge in [-0.05, 0) is 144 Å². The third-order valence-corrected chi connectivity index (χ3v) is 16.7. The predicted molar refractivity (Wildman–Crippen MR) is 286 cm³/mol.